The Bertz CT molecular complexity index is 1420. The minimum Gasteiger partial charge on any atom is -0.444 e. The second kappa shape index (κ2) is 14.9. The molecular formula is C35H48FN5O7. The number of nitrogens with one attached hydrogen (secondary N) is 2. The van der Waals surface area contributed by atoms with Gasteiger partial charge in [0.25, 0.3) is 0 Å². The number of amides is 5. The van der Waals surface area contributed by atoms with Gasteiger partial charge in [0.1, 0.15) is 29.6 Å². The van der Waals surface area contributed by atoms with E-state index in [4.69, 9.17) is 15.2 Å². The lowest BCUT2D eigenvalue weighted by Gasteiger charge is -2.28. The topological polar surface area (TPSA) is 160 Å². The standard InChI is InChI=1S/C35H48FN5O7/c1-35(2,3)48-33(45)39-28(13-8-6-4-5-7-10-21-16-25(21)31(43)38-23-14-15-23)32(44)41-19-24(17-29(41)30(37)42)47-34(46)40-18-22-11-9-12-27(36)26(22)20-40/h7,9-12,21,23-25,28-29H,4-6,8,13-20H2,1-3H3,(H2,37,42)(H,38,43)(H,39,45)/b10-7-/t21-,24-,25+,28+,29+/m1/s1. The van der Waals surface area contributed by atoms with Gasteiger partial charge >= 0.3 is 12.2 Å². The Morgan fingerprint density at radius 1 is 1.08 bits per heavy atom. The van der Waals surface area contributed by atoms with Crippen LogP contribution in [0.25, 0.3) is 0 Å². The summed E-state index contributed by atoms with van der Waals surface area (Å²) >= 11 is 0. The van der Waals surface area contributed by atoms with Crippen molar-refractivity contribution < 1.29 is 37.8 Å². The number of hydrogen-bond acceptors (Lipinski definition) is 7. The first kappa shape index (κ1) is 35.2. The maximum Gasteiger partial charge on any atom is 0.410 e. The predicted molar refractivity (Wildman–Crippen MR) is 173 cm³/mol. The highest BCUT2D eigenvalue weighted by Gasteiger charge is 2.44. The molecule has 3 fully saturated rings. The Balaban J connectivity index is 1.13. The molecule has 5 rings (SSSR count). The number of benzene rings is 1. The molecule has 1 saturated heterocycles. The fourth-order valence-corrected chi connectivity index (χ4v) is 6.35. The van der Waals surface area contributed by atoms with Crippen molar-refractivity contribution in [2.75, 3.05) is 6.54 Å². The van der Waals surface area contributed by atoms with Gasteiger partial charge in [-0.1, -0.05) is 37.1 Å². The second-order valence-corrected chi connectivity index (χ2v) is 14.4. The molecule has 2 heterocycles. The van der Waals surface area contributed by atoms with Gasteiger partial charge < -0.3 is 30.7 Å². The number of primary amides is 1. The highest BCUT2D eigenvalue weighted by molar-refractivity contribution is 5.91. The summed E-state index contributed by atoms with van der Waals surface area (Å²) in [6.07, 6.45) is 8.47. The number of ether oxygens (including phenoxy) is 2. The fourth-order valence-electron chi connectivity index (χ4n) is 6.35. The molecule has 1 aromatic carbocycles. The SMILES string of the molecule is CC(C)(C)OC(=O)N[C@@H](CCCCC/C=C\[C@@H]1C[C@@H]1C(=O)NC1CC1)C(=O)N1C[C@H](OC(=O)N2Cc3cccc(F)c3C2)C[C@H]1C(N)=O. The van der Waals surface area contributed by atoms with Crippen LogP contribution >= 0.6 is 0 Å². The van der Waals surface area contributed by atoms with E-state index in [1.54, 1.807) is 32.9 Å². The number of fused-ring (bicyclic) bond motifs is 1. The number of allylic oxidation sites excluding steroid dienone is 2. The number of carbonyl (C=O) groups excluding carboxylic acids is 5. The predicted octanol–water partition coefficient (Wildman–Crippen LogP) is 4.05. The van der Waals surface area contributed by atoms with Gasteiger partial charge in [-0.3, -0.25) is 19.3 Å². The number of carbonyl (C=O) groups is 5. The molecule has 5 amide bonds. The largest absolute Gasteiger partial charge is 0.444 e. The van der Waals surface area contributed by atoms with Gasteiger partial charge in [0.2, 0.25) is 17.7 Å². The number of halogens is 1. The van der Waals surface area contributed by atoms with E-state index in [1.165, 1.54) is 15.9 Å². The lowest BCUT2D eigenvalue weighted by molar-refractivity contribution is -0.139. The Kier molecular flexibility index (Phi) is 10.9. The van der Waals surface area contributed by atoms with E-state index in [-0.39, 0.29) is 37.9 Å². The van der Waals surface area contributed by atoms with E-state index in [2.05, 4.69) is 22.8 Å². The van der Waals surface area contributed by atoms with E-state index in [1.807, 2.05) is 0 Å². The third-order valence-corrected chi connectivity index (χ3v) is 9.16. The van der Waals surface area contributed by atoms with Gasteiger partial charge in [-0.05, 0) is 76.8 Å². The zero-order chi connectivity index (χ0) is 34.6. The Labute approximate surface area is 280 Å². The van der Waals surface area contributed by atoms with E-state index < -0.39 is 53.6 Å². The van der Waals surface area contributed by atoms with Crippen molar-refractivity contribution in [1.29, 1.82) is 0 Å². The molecular weight excluding hydrogens is 621 g/mol. The van der Waals surface area contributed by atoms with Gasteiger partial charge in [0, 0.05) is 30.5 Å². The number of unbranched alkanes of at least 4 members (excludes halogenated alkanes) is 3. The Morgan fingerprint density at radius 3 is 2.54 bits per heavy atom. The molecule has 48 heavy (non-hydrogen) atoms. The summed E-state index contributed by atoms with van der Waals surface area (Å²) in [4.78, 5) is 66.8. The summed E-state index contributed by atoms with van der Waals surface area (Å²) in [5.74, 6) is -1.09. The maximum atomic E-state index is 14.2. The Morgan fingerprint density at radius 2 is 1.85 bits per heavy atom. The molecule has 2 aliphatic heterocycles. The molecule has 1 aromatic rings. The van der Waals surface area contributed by atoms with Crippen molar-refractivity contribution in [3.63, 3.8) is 0 Å². The molecule has 0 unspecified atom stereocenters. The van der Waals surface area contributed by atoms with Crippen LogP contribution in [0.2, 0.25) is 0 Å². The van der Waals surface area contributed by atoms with Gasteiger partial charge in [-0.2, -0.15) is 0 Å². The van der Waals surface area contributed by atoms with Crippen LogP contribution < -0.4 is 16.4 Å². The van der Waals surface area contributed by atoms with Gasteiger partial charge in [0.05, 0.1) is 13.1 Å². The quantitative estimate of drug-likeness (QED) is 0.211. The van der Waals surface area contributed by atoms with Crippen molar-refractivity contribution >= 4 is 29.9 Å². The molecule has 0 bridgehead atoms. The number of nitrogens with zero attached hydrogens (tertiary/aromatic N) is 2. The summed E-state index contributed by atoms with van der Waals surface area (Å²) in [6.45, 7) is 5.33. The molecule has 4 aliphatic rings. The molecule has 0 aromatic heterocycles. The summed E-state index contributed by atoms with van der Waals surface area (Å²) in [7, 11) is 0. The van der Waals surface area contributed by atoms with E-state index in [0.29, 0.717) is 35.9 Å². The van der Waals surface area contributed by atoms with Crippen molar-refractivity contribution in [2.45, 2.75) is 121 Å². The first-order valence-corrected chi connectivity index (χ1v) is 17.1. The molecule has 2 saturated carbocycles. The zero-order valence-electron chi connectivity index (χ0n) is 28.0. The number of nitrogens with two attached hydrogens (primary N) is 1. The molecule has 0 radical (unpaired) electrons. The highest BCUT2D eigenvalue weighted by Crippen LogP contribution is 2.40. The van der Waals surface area contributed by atoms with E-state index in [9.17, 15) is 28.4 Å². The highest BCUT2D eigenvalue weighted by atomic mass is 19.1. The van der Waals surface area contributed by atoms with E-state index >= 15 is 0 Å². The lowest BCUT2D eigenvalue weighted by atomic mass is 10.0. The summed E-state index contributed by atoms with van der Waals surface area (Å²) in [6, 6.07) is 3.03. The van der Waals surface area contributed by atoms with Crippen LogP contribution in [0.3, 0.4) is 0 Å². The first-order chi connectivity index (χ1) is 22.8. The Hall–Kier alpha value is -4.16. The molecule has 5 atom stereocenters. The van der Waals surface area contributed by atoms with Crippen LogP contribution in [0.4, 0.5) is 14.0 Å². The van der Waals surface area contributed by atoms with Crippen LogP contribution in [0, 0.1) is 17.7 Å². The lowest BCUT2D eigenvalue weighted by Crippen LogP contribution is -2.53. The molecule has 13 heteroatoms. The van der Waals surface area contributed by atoms with Crippen LogP contribution in [0.5, 0.6) is 0 Å². The molecule has 262 valence electrons. The third-order valence-electron chi connectivity index (χ3n) is 9.16. The van der Waals surface area contributed by atoms with Gasteiger partial charge in [0.15, 0.2) is 0 Å². The normalized spacial score (nSPS) is 23.8. The molecule has 0 spiro atoms. The van der Waals surface area contributed by atoms with Crippen LogP contribution in [0.15, 0.2) is 30.4 Å². The number of hydrogen-bond donors (Lipinski definition) is 3. The monoisotopic (exact) mass is 669 g/mol. The summed E-state index contributed by atoms with van der Waals surface area (Å²) in [5, 5.41) is 5.74. The molecule has 4 N–H and O–H groups in total. The summed E-state index contributed by atoms with van der Waals surface area (Å²) < 4.78 is 25.3. The second-order valence-electron chi connectivity index (χ2n) is 14.4. The fraction of sp³-hybridized carbons (Fsp3) is 0.629. The average Bonchev–Trinajstić information content (AvgIpc) is 3.89. The van der Waals surface area contributed by atoms with Crippen molar-refractivity contribution in [1.82, 2.24) is 20.4 Å². The van der Waals surface area contributed by atoms with Crippen molar-refractivity contribution in [2.24, 2.45) is 17.6 Å². The minimum atomic E-state index is -1.03. The molecule has 12 nitrogen and oxygen atoms in total. The van der Waals surface area contributed by atoms with Gasteiger partial charge in [-0.15, -0.1) is 0 Å². The average molecular weight is 670 g/mol. The number of alkyl carbamates (subject to hydrolysis) is 1. The van der Waals surface area contributed by atoms with Gasteiger partial charge in [-0.25, -0.2) is 14.0 Å². The van der Waals surface area contributed by atoms with Crippen molar-refractivity contribution in [3.05, 3.63) is 47.3 Å². The zero-order valence-corrected chi connectivity index (χ0v) is 28.0. The third kappa shape index (κ3) is 9.47. The minimum absolute atomic E-state index is 0.0115. The molecule has 2 aliphatic carbocycles. The van der Waals surface area contributed by atoms with Crippen LogP contribution in [-0.4, -0.2) is 76.1 Å². The maximum absolute atomic E-state index is 14.2. The van der Waals surface area contributed by atoms with Crippen molar-refractivity contribution in [3.8, 4) is 0 Å². The smallest absolute Gasteiger partial charge is 0.410 e. The van der Waals surface area contributed by atoms with E-state index in [0.717, 1.165) is 38.5 Å². The number of rotatable bonds is 13. The summed E-state index contributed by atoms with van der Waals surface area (Å²) in [5.41, 5.74) is 6.02. The van der Waals surface area contributed by atoms with Crippen LogP contribution in [0.1, 0.15) is 89.7 Å². The first-order valence-electron chi connectivity index (χ1n) is 17.1. The van der Waals surface area contributed by atoms with Crippen LogP contribution in [-0.2, 0) is 36.9 Å². The number of likely N-dealkylation sites (tertiary alicyclic amines) is 1.